The first kappa shape index (κ1) is 23.9. The summed E-state index contributed by atoms with van der Waals surface area (Å²) in [5, 5.41) is 6.01. The van der Waals surface area contributed by atoms with E-state index in [9.17, 15) is 9.59 Å². The molecule has 2 heterocycles. The SMILES string of the molecule is CCCC(CCC)C(=O)Nc1ccc2[nH]c(-c3ccc(NC(=O)C4CCCCC4)cc3)nc2n1. The van der Waals surface area contributed by atoms with Crippen LogP contribution in [0.2, 0.25) is 0 Å². The third kappa shape index (κ3) is 5.82. The van der Waals surface area contributed by atoms with Crippen molar-refractivity contribution >= 4 is 34.5 Å². The van der Waals surface area contributed by atoms with Gasteiger partial charge in [-0.2, -0.15) is 0 Å². The fourth-order valence-electron chi connectivity index (χ4n) is 4.75. The number of nitrogens with one attached hydrogen (secondary N) is 3. The zero-order chi connectivity index (χ0) is 23.9. The Morgan fingerprint density at radius 1 is 0.941 bits per heavy atom. The Balaban J connectivity index is 1.43. The molecule has 4 rings (SSSR count). The summed E-state index contributed by atoms with van der Waals surface area (Å²) < 4.78 is 0. The van der Waals surface area contributed by atoms with E-state index in [1.807, 2.05) is 30.3 Å². The predicted molar refractivity (Wildman–Crippen MR) is 136 cm³/mol. The molecule has 0 atom stereocenters. The second-order valence-corrected chi connectivity index (χ2v) is 9.32. The van der Waals surface area contributed by atoms with E-state index in [1.165, 1.54) is 6.42 Å². The number of amides is 2. The number of imidazole rings is 1. The minimum atomic E-state index is 0.0133. The number of pyridine rings is 1. The maximum atomic E-state index is 12.7. The van der Waals surface area contributed by atoms with Crippen LogP contribution >= 0.6 is 0 Å². The average Bonchev–Trinajstić information content (AvgIpc) is 3.28. The van der Waals surface area contributed by atoms with Crippen LogP contribution in [0.1, 0.15) is 71.6 Å². The molecule has 2 amide bonds. The number of H-pyrrole nitrogens is 1. The van der Waals surface area contributed by atoms with E-state index in [0.29, 0.717) is 17.3 Å². The number of hydrogen-bond donors (Lipinski definition) is 3. The molecule has 3 N–H and O–H groups in total. The van der Waals surface area contributed by atoms with Crippen LogP contribution < -0.4 is 10.6 Å². The number of hydrogen-bond acceptors (Lipinski definition) is 4. The highest BCUT2D eigenvalue weighted by atomic mass is 16.2. The Bertz CT molecular complexity index is 1110. The molecule has 180 valence electrons. The normalized spacial score (nSPS) is 14.4. The van der Waals surface area contributed by atoms with Crippen LogP contribution in [0.25, 0.3) is 22.6 Å². The topological polar surface area (TPSA) is 99.8 Å². The molecule has 0 saturated heterocycles. The molecule has 1 aromatic carbocycles. The molecule has 0 bridgehead atoms. The van der Waals surface area contributed by atoms with Crippen molar-refractivity contribution in [3.63, 3.8) is 0 Å². The van der Waals surface area contributed by atoms with E-state index >= 15 is 0 Å². The Kier molecular flexibility index (Phi) is 7.93. The van der Waals surface area contributed by atoms with Crippen molar-refractivity contribution in [1.82, 2.24) is 15.0 Å². The largest absolute Gasteiger partial charge is 0.337 e. The molecule has 1 saturated carbocycles. The quantitative estimate of drug-likeness (QED) is 0.348. The van der Waals surface area contributed by atoms with Gasteiger partial charge in [0, 0.05) is 23.1 Å². The third-order valence-electron chi connectivity index (χ3n) is 6.64. The summed E-state index contributed by atoms with van der Waals surface area (Å²) in [5.41, 5.74) is 3.07. The summed E-state index contributed by atoms with van der Waals surface area (Å²) in [6.07, 6.45) is 9.20. The van der Waals surface area contributed by atoms with Crippen LogP contribution in [0.3, 0.4) is 0 Å². The molecular formula is C27H35N5O2. The van der Waals surface area contributed by atoms with Gasteiger partial charge in [-0.1, -0.05) is 46.0 Å². The van der Waals surface area contributed by atoms with Crippen LogP contribution in [-0.4, -0.2) is 26.8 Å². The van der Waals surface area contributed by atoms with Gasteiger partial charge < -0.3 is 15.6 Å². The number of rotatable bonds is 9. The maximum absolute atomic E-state index is 12.7. The Morgan fingerprint density at radius 2 is 1.65 bits per heavy atom. The molecule has 34 heavy (non-hydrogen) atoms. The van der Waals surface area contributed by atoms with Gasteiger partial charge in [0.25, 0.3) is 0 Å². The summed E-state index contributed by atoms with van der Waals surface area (Å²) in [7, 11) is 0. The Morgan fingerprint density at radius 3 is 2.32 bits per heavy atom. The summed E-state index contributed by atoms with van der Waals surface area (Å²) in [6.45, 7) is 4.20. The lowest BCUT2D eigenvalue weighted by Crippen LogP contribution is -2.24. The number of aromatic amines is 1. The Hall–Kier alpha value is -3.22. The lowest BCUT2D eigenvalue weighted by molar-refractivity contribution is -0.121. The highest BCUT2D eigenvalue weighted by Gasteiger charge is 2.21. The number of anilines is 2. The second-order valence-electron chi connectivity index (χ2n) is 9.32. The molecule has 3 aromatic rings. The van der Waals surface area contributed by atoms with Gasteiger partial charge in [0.1, 0.15) is 11.6 Å². The van der Waals surface area contributed by atoms with Crippen molar-refractivity contribution in [2.24, 2.45) is 11.8 Å². The number of carbonyl (C=O) groups excluding carboxylic acids is 2. The van der Waals surface area contributed by atoms with Crippen molar-refractivity contribution in [3.8, 4) is 11.4 Å². The second kappa shape index (κ2) is 11.3. The standard InChI is InChI=1S/C27H35N5O2/c1-3-8-19(9-4-2)27(34)31-23-17-16-22-25(30-23)32-24(29-22)18-12-14-21(15-13-18)28-26(33)20-10-6-5-7-11-20/h12-17,19-20H,3-11H2,1-2H3,(H,28,33)(H2,29,30,31,32,34). The Labute approximate surface area is 201 Å². The summed E-state index contributed by atoms with van der Waals surface area (Å²) >= 11 is 0. The summed E-state index contributed by atoms with van der Waals surface area (Å²) in [4.78, 5) is 37.6. The minimum Gasteiger partial charge on any atom is -0.337 e. The number of benzene rings is 1. The van der Waals surface area contributed by atoms with Gasteiger partial charge in [-0.15, -0.1) is 0 Å². The van der Waals surface area contributed by atoms with Gasteiger partial charge in [0.15, 0.2) is 5.65 Å². The van der Waals surface area contributed by atoms with Crippen LogP contribution in [0.15, 0.2) is 36.4 Å². The van der Waals surface area contributed by atoms with Crippen LogP contribution in [-0.2, 0) is 9.59 Å². The van der Waals surface area contributed by atoms with Crippen molar-refractivity contribution in [2.75, 3.05) is 10.6 Å². The lowest BCUT2D eigenvalue weighted by atomic mass is 9.88. The molecule has 7 nitrogen and oxygen atoms in total. The molecule has 1 aliphatic carbocycles. The first-order chi connectivity index (χ1) is 16.6. The molecular weight excluding hydrogens is 426 g/mol. The number of fused-ring (bicyclic) bond motifs is 1. The van der Waals surface area contributed by atoms with Crippen molar-refractivity contribution < 1.29 is 9.59 Å². The van der Waals surface area contributed by atoms with Gasteiger partial charge in [-0.25, -0.2) is 9.97 Å². The molecule has 1 aliphatic rings. The zero-order valence-electron chi connectivity index (χ0n) is 20.2. The van der Waals surface area contributed by atoms with Crippen molar-refractivity contribution in [2.45, 2.75) is 71.6 Å². The fourth-order valence-corrected chi connectivity index (χ4v) is 4.75. The van der Waals surface area contributed by atoms with E-state index in [-0.39, 0.29) is 23.7 Å². The number of carbonyl (C=O) groups is 2. The van der Waals surface area contributed by atoms with E-state index in [2.05, 4.69) is 39.4 Å². The van der Waals surface area contributed by atoms with Crippen molar-refractivity contribution in [3.05, 3.63) is 36.4 Å². The molecule has 0 unspecified atom stereocenters. The summed E-state index contributed by atoms with van der Waals surface area (Å²) in [6, 6.07) is 11.4. The van der Waals surface area contributed by atoms with E-state index < -0.39 is 0 Å². The van der Waals surface area contributed by atoms with Crippen LogP contribution in [0, 0.1) is 11.8 Å². The predicted octanol–water partition coefficient (Wildman–Crippen LogP) is 6.30. The van der Waals surface area contributed by atoms with E-state index in [4.69, 9.17) is 0 Å². The molecule has 1 fully saturated rings. The highest BCUT2D eigenvalue weighted by Crippen LogP contribution is 2.26. The minimum absolute atomic E-state index is 0.0133. The number of aromatic nitrogens is 3. The molecule has 2 aromatic heterocycles. The van der Waals surface area contributed by atoms with E-state index in [1.54, 1.807) is 6.07 Å². The third-order valence-corrected chi connectivity index (χ3v) is 6.64. The smallest absolute Gasteiger partial charge is 0.228 e. The number of nitrogens with zero attached hydrogens (tertiary/aromatic N) is 2. The molecule has 7 heteroatoms. The zero-order valence-corrected chi connectivity index (χ0v) is 20.2. The average molecular weight is 462 g/mol. The van der Waals surface area contributed by atoms with Gasteiger partial charge >= 0.3 is 0 Å². The summed E-state index contributed by atoms with van der Waals surface area (Å²) in [5.74, 6) is 1.51. The highest BCUT2D eigenvalue weighted by molar-refractivity contribution is 5.93. The van der Waals surface area contributed by atoms with Gasteiger partial charge in [0.05, 0.1) is 5.52 Å². The van der Waals surface area contributed by atoms with Crippen molar-refractivity contribution in [1.29, 1.82) is 0 Å². The van der Waals surface area contributed by atoms with Gasteiger partial charge in [-0.3, -0.25) is 9.59 Å². The molecule has 0 aliphatic heterocycles. The van der Waals surface area contributed by atoms with Gasteiger partial charge in [-0.05, 0) is 62.1 Å². The van der Waals surface area contributed by atoms with Crippen LogP contribution in [0.4, 0.5) is 11.5 Å². The lowest BCUT2D eigenvalue weighted by Gasteiger charge is -2.20. The van der Waals surface area contributed by atoms with Crippen LogP contribution in [0.5, 0.6) is 0 Å². The first-order valence-corrected chi connectivity index (χ1v) is 12.7. The van der Waals surface area contributed by atoms with E-state index in [0.717, 1.165) is 68.1 Å². The first-order valence-electron chi connectivity index (χ1n) is 12.7. The molecule has 0 radical (unpaired) electrons. The monoisotopic (exact) mass is 461 g/mol. The maximum Gasteiger partial charge on any atom is 0.228 e. The fraction of sp³-hybridized carbons (Fsp3) is 0.481. The van der Waals surface area contributed by atoms with Gasteiger partial charge in [0.2, 0.25) is 11.8 Å². The molecule has 0 spiro atoms.